The summed E-state index contributed by atoms with van der Waals surface area (Å²) in [4.78, 5) is 23.6. The number of cyclic esters (lactones) is 2. The van der Waals surface area contributed by atoms with Gasteiger partial charge in [-0.15, -0.1) is 0 Å². The van der Waals surface area contributed by atoms with Crippen molar-refractivity contribution < 1.29 is 23.8 Å². The lowest BCUT2D eigenvalue weighted by atomic mass is 10.2. The summed E-state index contributed by atoms with van der Waals surface area (Å²) in [6.45, 7) is 2.89. The topological polar surface area (TPSA) is 97.6 Å². The Morgan fingerprint density at radius 2 is 2.00 bits per heavy atom. The number of hydrogen-bond acceptors (Lipinski definition) is 7. The summed E-state index contributed by atoms with van der Waals surface area (Å²) < 4.78 is 15.8. The monoisotopic (exact) mass is 380 g/mol. The molecule has 0 bridgehead atoms. The van der Waals surface area contributed by atoms with E-state index >= 15 is 0 Å². The van der Waals surface area contributed by atoms with Gasteiger partial charge in [0, 0.05) is 25.7 Å². The molecule has 1 saturated heterocycles. The van der Waals surface area contributed by atoms with E-state index in [1.165, 1.54) is 20.0 Å². The lowest BCUT2D eigenvalue weighted by Gasteiger charge is -2.29. The number of anilines is 1. The van der Waals surface area contributed by atoms with Crippen LogP contribution in [-0.2, 0) is 19.1 Å². The molecule has 1 aliphatic rings. The molecule has 8 heteroatoms. The van der Waals surface area contributed by atoms with Crippen LogP contribution in [0.3, 0.4) is 0 Å². The zero-order chi connectivity index (χ0) is 17.0. The molecule has 1 aliphatic heterocycles. The Morgan fingerprint density at radius 3 is 2.57 bits per heavy atom. The van der Waals surface area contributed by atoms with Gasteiger partial charge in [0.05, 0.1) is 4.47 Å². The molecule has 1 heterocycles. The molecule has 0 radical (unpaired) electrons. The Morgan fingerprint density at radius 1 is 1.35 bits per heavy atom. The van der Waals surface area contributed by atoms with Gasteiger partial charge >= 0.3 is 11.9 Å². The second-order valence-electron chi connectivity index (χ2n) is 4.97. The van der Waals surface area contributed by atoms with Crippen LogP contribution in [0.1, 0.15) is 13.8 Å². The molecule has 23 heavy (non-hydrogen) atoms. The highest BCUT2D eigenvalue weighted by Gasteiger charge is 2.38. The Balaban J connectivity index is 2.11. The van der Waals surface area contributed by atoms with Crippen molar-refractivity contribution in [2.24, 2.45) is 0 Å². The third-order valence-corrected chi connectivity index (χ3v) is 3.34. The van der Waals surface area contributed by atoms with Crippen molar-refractivity contribution in [2.75, 3.05) is 11.9 Å². The molecule has 2 rings (SSSR count). The molecule has 1 fully saturated rings. The minimum Gasteiger partial charge on any atom is -0.478 e. The standard InChI is InChI=1S/C15H13BrN2O5/c1-15(2)22-13(19)10(14(20)23-15)8-18-9-3-4-12(11(16)7-9)21-6-5-17/h3-4,7-8,18H,6H2,1-2H3. The molecule has 0 spiro atoms. The molecule has 1 N–H and O–H groups in total. The van der Waals surface area contributed by atoms with Crippen LogP contribution >= 0.6 is 15.9 Å². The van der Waals surface area contributed by atoms with E-state index in [-0.39, 0.29) is 12.2 Å². The highest BCUT2D eigenvalue weighted by atomic mass is 79.9. The van der Waals surface area contributed by atoms with Crippen LogP contribution in [0, 0.1) is 11.3 Å². The van der Waals surface area contributed by atoms with E-state index in [1.807, 2.05) is 6.07 Å². The molecule has 1 aromatic rings. The van der Waals surface area contributed by atoms with Crippen molar-refractivity contribution >= 4 is 33.6 Å². The minimum absolute atomic E-state index is 0.0666. The Kier molecular flexibility index (Phi) is 4.91. The van der Waals surface area contributed by atoms with Crippen molar-refractivity contribution in [2.45, 2.75) is 19.6 Å². The zero-order valence-electron chi connectivity index (χ0n) is 12.4. The summed E-state index contributed by atoms with van der Waals surface area (Å²) in [6, 6.07) is 6.85. The Labute approximate surface area is 140 Å². The van der Waals surface area contributed by atoms with Gasteiger partial charge in [0.15, 0.2) is 12.2 Å². The summed E-state index contributed by atoms with van der Waals surface area (Å²) in [5.74, 6) is -2.28. The molecule has 0 aliphatic carbocycles. The van der Waals surface area contributed by atoms with Crippen LogP contribution in [0.15, 0.2) is 34.4 Å². The molecule has 120 valence electrons. The van der Waals surface area contributed by atoms with Crippen LogP contribution in [-0.4, -0.2) is 24.3 Å². The first-order chi connectivity index (χ1) is 10.8. The Hall–Kier alpha value is -2.53. The highest BCUT2D eigenvalue weighted by molar-refractivity contribution is 9.10. The SMILES string of the molecule is CC1(C)OC(=O)C(=CNc2ccc(OCC#N)c(Br)c2)C(=O)O1. The molecule has 0 amide bonds. The van der Waals surface area contributed by atoms with Crippen molar-refractivity contribution in [3.05, 3.63) is 34.4 Å². The fourth-order valence-corrected chi connectivity index (χ4v) is 2.24. The number of ether oxygens (including phenoxy) is 3. The number of benzene rings is 1. The van der Waals surface area contributed by atoms with E-state index < -0.39 is 17.7 Å². The smallest absolute Gasteiger partial charge is 0.350 e. The number of nitriles is 1. The summed E-state index contributed by atoms with van der Waals surface area (Å²) >= 11 is 3.30. The van der Waals surface area contributed by atoms with E-state index in [9.17, 15) is 9.59 Å². The number of nitrogens with one attached hydrogen (secondary N) is 1. The van der Waals surface area contributed by atoms with Crippen molar-refractivity contribution in [3.8, 4) is 11.8 Å². The lowest BCUT2D eigenvalue weighted by Crippen LogP contribution is -2.42. The molecular formula is C15H13BrN2O5. The van der Waals surface area contributed by atoms with Crippen LogP contribution in [0.25, 0.3) is 0 Å². The van der Waals surface area contributed by atoms with Gasteiger partial charge in [0.2, 0.25) is 0 Å². The number of halogens is 1. The number of hydrogen-bond donors (Lipinski definition) is 1. The number of rotatable bonds is 4. The van der Waals surface area contributed by atoms with Gasteiger partial charge in [-0.1, -0.05) is 0 Å². The molecular weight excluding hydrogens is 368 g/mol. The minimum atomic E-state index is -1.27. The predicted molar refractivity (Wildman–Crippen MR) is 83.2 cm³/mol. The van der Waals surface area contributed by atoms with Crippen molar-refractivity contribution in [3.63, 3.8) is 0 Å². The molecule has 1 aromatic carbocycles. The summed E-state index contributed by atoms with van der Waals surface area (Å²) in [5, 5.41) is 11.3. The van der Waals surface area contributed by atoms with Gasteiger partial charge in [-0.3, -0.25) is 0 Å². The predicted octanol–water partition coefficient (Wildman–Crippen LogP) is 2.48. The summed E-state index contributed by atoms with van der Waals surface area (Å²) in [7, 11) is 0. The fourth-order valence-electron chi connectivity index (χ4n) is 1.75. The zero-order valence-corrected chi connectivity index (χ0v) is 14.0. The third kappa shape index (κ3) is 4.23. The van der Waals surface area contributed by atoms with E-state index in [0.717, 1.165) is 0 Å². The average Bonchev–Trinajstić information content (AvgIpc) is 2.44. The second-order valence-corrected chi connectivity index (χ2v) is 5.83. The maximum Gasteiger partial charge on any atom is 0.350 e. The number of esters is 2. The normalized spacial score (nSPS) is 16.0. The summed E-state index contributed by atoms with van der Waals surface area (Å²) in [5.41, 5.74) is 0.365. The van der Waals surface area contributed by atoms with Crippen LogP contribution in [0.4, 0.5) is 5.69 Å². The van der Waals surface area contributed by atoms with Gasteiger partial charge in [0.25, 0.3) is 5.79 Å². The highest BCUT2D eigenvalue weighted by Crippen LogP contribution is 2.28. The molecule has 0 unspecified atom stereocenters. The average molecular weight is 381 g/mol. The number of nitrogens with zero attached hydrogens (tertiary/aromatic N) is 1. The van der Waals surface area contributed by atoms with Crippen LogP contribution in [0.5, 0.6) is 5.75 Å². The fraction of sp³-hybridized carbons (Fsp3) is 0.267. The summed E-state index contributed by atoms with van der Waals surface area (Å²) in [6.07, 6.45) is 1.22. The van der Waals surface area contributed by atoms with Gasteiger partial charge < -0.3 is 19.5 Å². The van der Waals surface area contributed by atoms with Gasteiger partial charge in [-0.05, 0) is 34.1 Å². The lowest BCUT2D eigenvalue weighted by molar-refractivity contribution is -0.222. The van der Waals surface area contributed by atoms with Crippen LogP contribution in [0.2, 0.25) is 0 Å². The van der Waals surface area contributed by atoms with Gasteiger partial charge in [-0.2, -0.15) is 5.26 Å². The van der Waals surface area contributed by atoms with E-state index in [2.05, 4.69) is 21.2 Å². The van der Waals surface area contributed by atoms with Gasteiger partial charge in [-0.25, -0.2) is 9.59 Å². The molecule has 7 nitrogen and oxygen atoms in total. The molecule has 0 atom stereocenters. The number of carbonyl (C=O) groups excluding carboxylic acids is 2. The van der Waals surface area contributed by atoms with E-state index in [1.54, 1.807) is 18.2 Å². The van der Waals surface area contributed by atoms with Gasteiger partial charge in [0.1, 0.15) is 11.8 Å². The third-order valence-electron chi connectivity index (χ3n) is 2.72. The van der Waals surface area contributed by atoms with Crippen molar-refractivity contribution in [1.29, 1.82) is 5.26 Å². The first-order valence-corrected chi connectivity index (χ1v) is 7.34. The molecule has 0 aromatic heterocycles. The second kappa shape index (κ2) is 6.71. The van der Waals surface area contributed by atoms with Crippen molar-refractivity contribution in [1.82, 2.24) is 0 Å². The van der Waals surface area contributed by atoms with E-state index in [0.29, 0.717) is 15.9 Å². The maximum atomic E-state index is 11.8. The largest absolute Gasteiger partial charge is 0.478 e. The quantitative estimate of drug-likeness (QED) is 0.486. The number of carbonyl (C=O) groups is 2. The first kappa shape index (κ1) is 16.8. The molecule has 0 saturated carbocycles. The van der Waals surface area contributed by atoms with Crippen LogP contribution < -0.4 is 10.1 Å². The maximum absolute atomic E-state index is 11.8. The Bertz CT molecular complexity index is 699. The van der Waals surface area contributed by atoms with E-state index in [4.69, 9.17) is 19.5 Å². The first-order valence-electron chi connectivity index (χ1n) is 6.55.